The Morgan fingerprint density at radius 3 is 2.16 bits per heavy atom. The smallest absolute Gasteiger partial charge is 0.134 e. The zero-order chi connectivity index (χ0) is 21.2. The number of pyridine rings is 1. The first-order valence-electron chi connectivity index (χ1n) is 10.4. The maximum Gasteiger partial charge on any atom is 0.134 e. The molecule has 0 aliphatic carbocycles. The van der Waals surface area contributed by atoms with Gasteiger partial charge in [0, 0.05) is 55.7 Å². The molecule has 2 fully saturated rings. The molecule has 0 radical (unpaired) electrons. The molecule has 8 nitrogen and oxygen atoms in total. The third-order valence-corrected chi connectivity index (χ3v) is 6.01. The van der Waals surface area contributed by atoms with E-state index in [1.807, 2.05) is 12.1 Å². The van der Waals surface area contributed by atoms with Crippen molar-refractivity contribution in [3.05, 3.63) is 47.2 Å². The minimum atomic E-state index is 0.593. The number of rotatable bonds is 3. The van der Waals surface area contributed by atoms with Crippen molar-refractivity contribution in [1.82, 2.24) is 15.0 Å². The Hall–Kier alpha value is -3.15. The second-order valence-corrected chi connectivity index (χ2v) is 8.05. The first-order valence-corrected chi connectivity index (χ1v) is 10.7. The summed E-state index contributed by atoms with van der Waals surface area (Å²) in [4.78, 5) is 20.4. The summed E-state index contributed by atoms with van der Waals surface area (Å²) in [5.74, 6) is 2.71. The van der Waals surface area contributed by atoms with Crippen molar-refractivity contribution >= 4 is 40.0 Å². The summed E-state index contributed by atoms with van der Waals surface area (Å²) in [6, 6.07) is 11.7. The zero-order valence-electron chi connectivity index (χ0n) is 17.0. The van der Waals surface area contributed by atoms with Gasteiger partial charge in [0.05, 0.1) is 30.4 Å². The second kappa shape index (κ2) is 8.53. The van der Waals surface area contributed by atoms with Crippen LogP contribution in [0.25, 0.3) is 10.9 Å². The van der Waals surface area contributed by atoms with Crippen molar-refractivity contribution in [2.45, 2.75) is 0 Å². The van der Waals surface area contributed by atoms with Gasteiger partial charge in [0.2, 0.25) is 0 Å². The highest BCUT2D eigenvalue weighted by Gasteiger charge is 2.22. The molecule has 3 aromatic rings. The molecule has 2 aliphatic heterocycles. The zero-order valence-corrected chi connectivity index (χ0v) is 17.8. The first-order chi connectivity index (χ1) is 15.2. The molecule has 158 valence electrons. The SMILES string of the molecule is N#Cc1cc(N2CCN(c3cc(N4CCOCC4)ncn3)CC2)nc2ccc(Cl)cc12. The predicted octanol–water partition coefficient (Wildman–Crippen LogP) is 2.71. The van der Waals surface area contributed by atoms with E-state index in [0.717, 1.165) is 80.8 Å². The van der Waals surface area contributed by atoms with Crippen LogP contribution in [0.3, 0.4) is 0 Å². The highest BCUT2D eigenvalue weighted by Crippen LogP contribution is 2.27. The van der Waals surface area contributed by atoms with Gasteiger partial charge in [-0.15, -0.1) is 0 Å². The van der Waals surface area contributed by atoms with Gasteiger partial charge in [-0.2, -0.15) is 5.26 Å². The monoisotopic (exact) mass is 435 g/mol. The average Bonchev–Trinajstić information content (AvgIpc) is 2.84. The lowest BCUT2D eigenvalue weighted by atomic mass is 10.1. The minimum Gasteiger partial charge on any atom is -0.378 e. The third-order valence-electron chi connectivity index (χ3n) is 5.78. The molecular weight excluding hydrogens is 414 g/mol. The van der Waals surface area contributed by atoms with Crippen LogP contribution in [-0.4, -0.2) is 67.4 Å². The molecule has 2 saturated heterocycles. The Morgan fingerprint density at radius 2 is 1.48 bits per heavy atom. The summed E-state index contributed by atoms with van der Waals surface area (Å²) in [6.45, 7) is 6.40. The number of aromatic nitrogens is 3. The van der Waals surface area contributed by atoms with Crippen molar-refractivity contribution in [2.75, 3.05) is 67.2 Å². The molecule has 31 heavy (non-hydrogen) atoms. The van der Waals surface area contributed by atoms with Gasteiger partial charge in [0.1, 0.15) is 23.8 Å². The Bertz CT molecular complexity index is 1130. The van der Waals surface area contributed by atoms with Crippen LogP contribution in [0.15, 0.2) is 36.7 Å². The average molecular weight is 436 g/mol. The van der Waals surface area contributed by atoms with E-state index in [2.05, 4.69) is 36.8 Å². The summed E-state index contributed by atoms with van der Waals surface area (Å²) in [7, 11) is 0. The number of benzene rings is 1. The van der Waals surface area contributed by atoms with Crippen LogP contribution in [0.4, 0.5) is 17.5 Å². The van der Waals surface area contributed by atoms with Gasteiger partial charge in [0.15, 0.2) is 0 Å². The van der Waals surface area contributed by atoms with Crippen LogP contribution in [-0.2, 0) is 4.74 Å². The van der Waals surface area contributed by atoms with Crippen molar-refractivity contribution in [1.29, 1.82) is 5.26 Å². The normalized spacial score (nSPS) is 17.1. The lowest BCUT2D eigenvalue weighted by Crippen LogP contribution is -2.47. The predicted molar refractivity (Wildman–Crippen MR) is 121 cm³/mol. The first kappa shape index (κ1) is 19.8. The number of hydrogen-bond donors (Lipinski definition) is 0. The van der Waals surface area contributed by atoms with Gasteiger partial charge in [-0.1, -0.05) is 11.6 Å². The van der Waals surface area contributed by atoms with E-state index >= 15 is 0 Å². The number of ether oxygens (including phenoxy) is 1. The Kier molecular flexibility index (Phi) is 5.45. The lowest BCUT2D eigenvalue weighted by Gasteiger charge is -2.36. The van der Waals surface area contributed by atoms with Crippen molar-refractivity contribution in [3.63, 3.8) is 0 Å². The molecular formula is C22H22ClN7O. The fourth-order valence-electron chi connectivity index (χ4n) is 4.08. The van der Waals surface area contributed by atoms with Crippen LogP contribution >= 0.6 is 11.6 Å². The highest BCUT2D eigenvalue weighted by molar-refractivity contribution is 6.31. The van der Waals surface area contributed by atoms with Crippen LogP contribution < -0.4 is 14.7 Å². The second-order valence-electron chi connectivity index (χ2n) is 7.61. The van der Waals surface area contributed by atoms with E-state index in [-0.39, 0.29) is 0 Å². The summed E-state index contributed by atoms with van der Waals surface area (Å²) in [5.41, 5.74) is 1.38. The van der Waals surface area contributed by atoms with Crippen LogP contribution in [0, 0.1) is 11.3 Å². The summed E-state index contributed by atoms with van der Waals surface area (Å²) < 4.78 is 5.44. The molecule has 0 bridgehead atoms. The number of nitriles is 1. The highest BCUT2D eigenvalue weighted by atomic mass is 35.5. The number of halogens is 1. The Labute approximate surface area is 185 Å². The molecule has 2 aromatic heterocycles. The number of fused-ring (bicyclic) bond motifs is 1. The maximum absolute atomic E-state index is 9.60. The van der Waals surface area contributed by atoms with E-state index < -0.39 is 0 Å². The largest absolute Gasteiger partial charge is 0.378 e. The van der Waals surface area contributed by atoms with Crippen molar-refractivity contribution < 1.29 is 4.74 Å². The van der Waals surface area contributed by atoms with Gasteiger partial charge in [-0.25, -0.2) is 15.0 Å². The molecule has 2 aliphatic rings. The number of nitrogens with zero attached hydrogens (tertiary/aromatic N) is 7. The van der Waals surface area contributed by atoms with Crippen molar-refractivity contribution in [3.8, 4) is 6.07 Å². The Balaban J connectivity index is 1.32. The molecule has 5 rings (SSSR count). The quantitative estimate of drug-likeness (QED) is 0.621. The van der Waals surface area contributed by atoms with Crippen LogP contribution in [0.5, 0.6) is 0 Å². The van der Waals surface area contributed by atoms with Crippen LogP contribution in [0.1, 0.15) is 5.56 Å². The Morgan fingerprint density at radius 1 is 0.839 bits per heavy atom. The molecule has 0 atom stereocenters. The number of hydrogen-bond acceptors (Lipinski definition) is 8. The summed E-state index contributed by atoms with van der Waals surface area (Å²) in [6.07, 6.45) is 1.64. The molecule has 9 heteroatoms. The van der Waals surface area contributed by atoms with Crippen molar-refractivity contribution in [2.24, 2.45) is 0 Å². The van der Waals surface area contributed by atoms with Crippen LogP contribution in [0.2, 0.25) is 5.02 Å². The van der Waals surface area contributed by atoms with Gasteiger partial charge in [-0.05, 0) is 24.3 Å². The van der Waals surface area contributed by atoms with E-state index in [4.69, 9.17) is 21.3 Å². The number of anilines is 3. The lowest BCUT2D eigenvalue weighted by molar-refractivity contribution is 0.122. The summed E-state index contributed by atoms with van der Waals surface area (Å²) >= 11 is 6.10. The number of piperazine rings is 1. The minimum absolute atomic E-state index is 0.593. The van der Waals surface area contributed by atoms with E-state index in [1.54, 1.807) is 18.5 Å². The fourth-order valence-corrected chi connectivity index (χ4v) is 4.25. The summed E-state index contributed by atoms with van der Waals surface area (Å²) in [5, 5.41) is 11.0. The molecule has 0 spiro atoms. The molecule has 0 N–H and O–H groups in total. The van der Waals surface area contributed by atoms with E-state index in [0.29, 0.717) is 10.6 Å². The fraction of sp³-hybridized carbons (Fsp3) is 0.364. The standard InChI is InChI=1S/C22H22ClN7O/c23-17-1-2-19-18(12-17)16(14-24)11-22(27-19)29-5-3-28(4-6-29)20-13-21(26-15-25-20)30-7-9-31-10-8-30/h1-2,11-13,15H,3-10H2. The van der Waals surface area contributed by atoms with Gasteiger partial charge < -0.3 is 19.4 Å². The molecule has 0 saturated carbocycles. The topological polar surface area (TPSA) is 81.4 Å². The van der Waals surface area contributed by atoms with E-state index in [9.17, 15) is 5.26 Å². The number of morpholine rings is 1. The van der Waals surface area contributed by atoms with Gasteiger partial charge in [-0.3, -0.25) is 0 Å². The molecule has 0 unspecified atom stereocenters. The third kappa shape index (κ3) is 4.07. The van der Waals surface area contributed by atoms with Gasteiger partial charge in [0.25, 0.3) is 0 Å². The van der Waals surface area contributed by atoms with Gasteiger partial charge >= 0.3 is 0 Å². The molecule has 4 heterocycles. The molecule has 0 amide bonds. The van der Waals surface area contributed by atoms with E-state index in [1.165, 1.54) is 0 Å². The molecule has 1 aromatic carbocycles. The maximum atomic E-state index is 9.60.